The van der Waals surface area contributed by atoms with Gasteiger partial charge in [0.2, 0.25) is 0 Å². The second-order valence-electron chi connectivity index (χ2n) is 5.34. The van der Waals surface area contributed by atoms with Crippen LogP contribution in [0.4, 0.5) is 0 Å². The summed E-state index contributed by atoms with van der Waals surface area (Å²) in [6.45, 7) is 2.14. The Balaban J connectivity index is 2.11. The monoisotopic (exact) mass is 220 g/mol. The van der Waals surface area contributed by atoms with Gasteiger partial charge in [-0.05, 0) is 37.2 Å². The highest BCUT2D eigenvalue weighted by atomic mass is 16.1. The number of rotatable bonds is 1. The fraction of sp³-hybridized carbons (Fsp3) is 0.800. The maximum atomic E-state index is 11.9. The number of Topliss-reactive ketones (excluding diaryl/α,β-unsaturated/α-hetero) is 1. The molecule has 1 fully saturated rings. The summed E-state index contributed by atoms with van der Waals surface area (Å²) in [5, 5.41) is 0. The van der Waals surface area contributed by atoms with Crippen LogP contribution in [0.2, 0.25) is 0 Å². The van der Waals surface area contributed by atoms with Crippen LogP contribution in [-0.4, -0.2) is 5.78 Å². The van der Waals surface area contributed by atoms with E-state index in [-0.39, 0.29) is 0 Å². The lowest BCUT2D eigenvalue weighted by molar-refractivity contribution is -0.115. The average Bonchev–Trinajstić information content (AvgIpc) is 2.59. The first-order valence-corrected chi connectivity index (χ1v) is 7.08. The van der Waals surface area contributed by atoms with Crippen molar-refractivity contribution in [3.63, 3.8) is 0 Å². The quantitative estimate of drug-likeness (QED) is 0.639. The number of carbonyl (C=O) groups is 1. The Morgan fingerprint density at radius 1 is 1.06 bits per heavy atom. The van der Waals surface area contributed by atoms with Crippen molar-refractivity contribution in [2.24, 2.45) is 5.92 Å². The van der Waals surface area contributed by atoms with Crippen molar-refractivity contribution in [3.05, 3.63) is 11.1 Å². The summed E-state index contributed by atoms with van der Waals surface area (Å²) in [7, 11) is 0. The Kier molecular flexibility index (Phi) is 4.20. The van der Waals surface area contributed by atoms with Crippen LogP contribution in [0, 0.1) is 5.92 Å². The zero-order valence-corrected chi connectivity index (χ0v) is 10.6. The van der Waals surface area contributed by atoms with Crippen LogP contribution in [0.5, 0.6) is 0 Å². The Bertz CT molecular complexity index is 288. The molecule has 2 rings (SSSR count). The Hall–Kier alpha value is -0.590. The molecule has 1 unspecified atom stereocenters. The number of hydrogen-bond donors (Lipinski definition) is 0. The molecule has 0 heterocycles. The number of allylic oxidation sites excluding steroid dienone is 2. The third-order valence-electron chi connectivity index (χ3n) is 4.25. The van der Waals surface area contributed by atoms with Crippen LogP contribution in [0.1, 0.15) is 71.1 Å². The molecule has 2 aliphatic rings. The van der Waals surface area contributed by atoms with Crippen molar-refractivity contribution >= 4 is 5.78 Å². The number of fused-ring (bicyclic) bond motifs is 1. The fourth-order valence-corrected chi connectivity index (χ4v) is 3.36. The zero-order chi connectivity index (χ0) is 11.4. The van der Waals surface area contributed by atoms with Gasteiger partial charge in [-0.15, -0.1) is 0 Å². The van der Waals surface area contributed by atoms with Gasteiger partial charge < -0.3 is 0 Å². The van der Waals surface area contributed by atoms with E-state index in [1.807, 2.05) is 0 Å². The number of hydrogen-bond acceptors (Lipinski definition) is 1. The molecule has 0 radical (unpaired) electrons. The molecule has 1 heteroatoms. The molecule has 0 aliphatic heterocycles. The molecule has 1 atom stereocenters. The summed E-state index contributed by atoms with van der Waals surface area (Å²) in [4.78, 5) is 11.9. The van der Waals surface area contributed by atoms with E-state index in [9.17, 15) is 4.79 Å². The van der Waals surface area contributed by atoms with Crippen molar-refractivity contribution in [3.8, 4) is 0 Å². The van der Waals surface area contributed by atoms with E-state index in [0.29, 0.717) is 11.7 Å². The van der Waals surface area contributed by atoms with Crippen molar-refractivity contribution in [2.45, 2.75) is 71.1 Å². The highest BCUT2D eigenvalue weighted by Crippen LogP contribution is 2.38. The SMILES string of the molecule is CCC1=C2CCCCCCCCC2CC1=O. The van der Waals surface area contributed by atoms with Gasteiger partial charge in [0.05, 0.1) is 0 Å². The van der Waals surface area contributed by atoms with E-state index in [1.54, 1.807) is 5.57 Å². The Labute approximate surface area is 99.3 Å². The maximum absolute atomic E-state index is 11.9. The highest BCUT2D eigenvalue weighted by molar-refractivity contribution is 5.99. The molecule has 0 aromatic rings. The lowest BCUT2D eigenvalue weighted by Gasteiger charge is -2.16. The largest absolute Gasteiger partial charge is 0.295 e. The van der Waals surface area contributed by atoms with Gasteiger partial charge in [0.25, 0.3) is 0 Å². The summed E-state index contributed by atoms with van der Waals surface area (Å²) in [5.74, 6) is 1.09. The topological polar surface area (TPSA) is 17.1 Å². The molecular weight excluding hydrogens is 196 g/mol. The smallest absolute Gasteiger partial charge is 0.159 e. The molecule has 0 amide bonds. The molecular formula is C15H24O. The summed E-state index contributed by atoms with van der Waals surface area (Å²) in [5.41, 5.74) is 2.75. The van der Waals surface area contributed by atoms with E-state index in [2.05, 4.69) is 6.92 Å². The van der Waals surface area contributed by atoms with Gasteiger partial charge in [-0.2, -0.15) is 0 Å². The van der Waals surface area contributed by atoms with Crippen LogP contribution in [0.3, 0.4) is 0 Å². The van der Waals surface area contributed by atoms with Crippen LogP contribution in [0.15, 0.2) is 11.1 Å². The van der Waals surface area contributed by atoms with Gasteiger partial charge in [-0.3, -0.25) is 4.79 Å². The van der Waals surface area contributed by atoms with Crippen molar-refractivity contribution in [2.75, 3.05) is 0 Å². The summed E-state index contributed by atoms with van der Waals surface area (Å²) in [6, 6.07) is 0. The predicted molar refractivity (Wildman–Crippen MR) is 67.4 cm³/mol. The van der Waals surface area contributed by atoms with Gasteiger partial charge in [0.1, 0.15) is 0 Å². The molecule has 2 aliphatic carbocycles. The van der Waals surface area contributed by atoms with Crippen LogP contribution in [-0.2, 0) is 4.79 Å². The summed E-state index contributed by atoms with van der Waals surface area (Å²) < 4.78 is 0. The average molecular weight is 220 g/mol. The minimum Gasteiger partial charge on any atom is -0.295 e. The Morgan fingerprint density at radius 2 is 1.75 bits per heavy atom. The molecule has 1 nitrogen and oxygen atoms in total. The van der Waals surface area contributed by atoms with Gasteiger partial charge in [-0.25, -0.2) is 0 Å². The van der Waals surface area contributed by atoms with Crippen LogP contribution >= 0.6 is 0 Å². The molecule has 16 heavy (non-hydrogen) atoms. The summed E-state index contributed by atoms with van der Waals surface area (Å²) >= 11 is 0. The third kappa shape index (κ3) is 2.56. The number of ketones is 1. The number of carbonyl (C=O) groups excluding carboxylic acids is 1. The van der Waals surface area contributed by atoms with Crippen molar-refractivity contribution < 1.29 is 4.79 Å². The molecule has 0 saturated heterocycles. The standard InChI is InChI=1S/C15H24O/c1-2-13-14-10-8-6-4-3-5-7-9-12(14)11-15(13)16/h12H,2-11H2,1H3. The molecule has 0 N–H and O–H groups in total. The van der Waals surface area contributed by atoms with Crippen molar-refractivity contribution in [1.82, 2.24) is 0 Å². The van der Waals surface area contributed by atoms with Gasteiger partial charge >= 0.3 is 0 Å². The third-order valence-corrected chi connectivity index (χ3v) is 4.25. The molecule has 0 aromatic carbocycles. The summed E-state index contributed by atoms with van der Waals surface area (Å²) in [6.07, 6.45) is 12.4. The maximum Gasteiger partial charge on any atom is 0.159 e. The van der Waals surface area contributed by atoms with Gasteiger partial charge in [-0.1, -0.05) is 44.6 Å². The normalized spacial score (nSPS) is 28.1. The molecule has 0 spiro atoms. The molecule has 90 valence electrons. The first kappa shape index (κ1) is 11.9. The fourth-order valence-electron chi connectivity index (χ4n) is 3.36. The molecule has 1 saturated carbocycles. The second kappa shape index (κ2) is 5.65. The van der Waals surface area contributed by atoms with Crippen LogP contribution in [0.25, 0.3) is 0 Å². The van der Waals surface area contributed by atoms with E-state index in [4.69, 9.17) is 0 Å². The van der Waals surface area contributed by atoms with Gasteiger partial charge in [0, 0.05) is 6.42 Å². The Morgan fingerprint density at radius 3 is 2.50 bits per heavy atom. The lowest BCUT2D eigenvalue weighted by atomic mass is 9.88. The lowest BCUT2D eigenvalue weighted by Crippen LogP contribution is -2.02. The van der Waals surface area contributed by atoms with Gasteiger partial charge in [0.15, 0.2) is 5.78 Å². The first-order chi connectivity index (χ1) is 7.83. The minimum absolute atomic E-state index is 0.460. The highest BCUT2D eigenvalue weighted by Gasteiger charge is 2.30. The first-order valence-electron chi connectivity index (χ1n) is 7.08. The van der Waals surface area contributed by atoms with Crippen molar-refractivity contribution in [1.29, 1.82) is 0 Å². The van der Waals surface area contributed by atoms with Crippen LogP contribution < -0.4 is 0 Å². The van der Waals surface area contributed by atoms with E-state index >= 15 is 0 Å². The molecule has 0 bridgehead atoms. The second-order valence-corrected chi connectivity index (χ2v) is 5.34. The van der Waals surface area contributed by atoms with E-state index < -0.39 is 0 Å². The molecule has 0 aromatic heterocycles. The van der Waals surface area contributed by atoms with E-state index in [0.717, 1.165) is 12.8 Å². The van der Waals surface area contributed by atoms with E-state index in [1.165, 1.54) is 56.9 Å². The predicted octanol–water partition coefficient (Wildman–Crippen LogP) is 4.42. The zero-order valence-electron chi connectivity index (χ0n) is 10.6. The minimum atomic E-state index is 0.460.